The van der Waals surface area contributed by atoms with E-state index in [1.807, 2.05) is 30.3 Å². The largest absolute Gasteiger partial charge is 0.344 e. The molecule has 9 nitrogen and oxygen atoms in total. The fourth-order valence-corrected chi connectivity index (χ4v) is 2.81. The summed E-state index contributed by atoms with van der Waals surface area (Å²) in [6.45, 7) is 0.141. The minimum atomic E-state index is -3.27. The maximum absolute atomic E-state index is 12.0. The van der Waals surface area contributed by atoms with Crippen LogP contribution in [0.2, 0.25) is 0 Å². The number of aromatic nitrogens is 2. The molecule has 1 aromatic heterocycles. The second kappa shape index (κ2) is 8.44. The number of carbonyl (C=O) groups excluding carboxylic acids is 1. The molecule has 0 saturated heterocycles. The van der Waals surface area contributed by atoms with E-state index in [0.717, 1.165) is 23.0 Å². The summed E-state index contributed by atoms with van der Waals surface area (Å²) < 4.78 is 22.0. The topological polar surface area (TPSA) is 140 Å². The van der Waals surface area contributed by atoms with Crippen molar-refractivity contribution in [3.63, 3.8) is 0 Å². The number of nitrogens with zero attached hydrogens (tertiary/aromatic N) is 4. The Morgan fingerprint density at radius 1 is 1.32 bits per heavy atom. The maximum Gasteiger partial charge on any atom is 0.273 e. The molecule has 0 unspecified atom stereocenters. The van der Waals surface area contributed by atoms with Gasteiger partial charge in [-0.25, -0.2) is 8.42 Å². The predicted octanol–water partition coefficient (Wildman–Crippen LogP) is 0.209. The van der Waals surface area contributed by atoms with Crippen molar-refractivity contribution >= 4 is 39.0 Å². The molecule has 3 N–H and O–H groups in total. The molecule has 0 aliphatic heterocycles. The lowest BCUT2D eigenvalue weighted by molar-refractivity contribution is -0.114. The number of nitrogens with one attached hydrogen (secondary N) is 1. The van der Waals surface area contributed by atoms with Crippen LogP contribution in [0, 0.1) is 0 Å². The molecule has 0 spiro atoms. The molecule has 1 heterocycles. The molecule has 1 aromatic carbocycles. The normalized spacial score (nSPS) is 12.4. The molecule has 2 rings (SSSR count). The Labute approximate surface area is 148 Å². The van der Waals surface area contributed by atoms with E-state index in [4.69, 9.17) is 5.84 Å². The first-order chi connectivity index (χ1) is 11.9. The third-order valence-electron chi connectivity index (χ3n) is 2.78. The third kappa shape index (κ3) is 6.04. The van der Waals surface area contributed by atoms with Crippen LogP contribution in [0.3, 0.4) is 0 Å². The summed E-state index contributed by atoms with van der Waals surface area (Å²) in [4.78, 5) is 15.6. The molecular weight excluding hydrogens is 364 g/mol. The summed E-state index contributed by atoms with van der Waals surface area (Å²) in [5.41, 5.74) is 0.756. The summed E-state index contributed by atoms with van der Waals surface area (Å²) in [6.07, 6.45) is 2.05. The van der Waals surface area contributed by atoms with Gasteiger partial charge in [0, 0.05) is 11.8 Å². The number of rotatable bonds is 7. The highest BCUT2D eigenvalue weighted by atomic mass is 32.2. The fraction of sp³-hybridized carbons (Fsp3) is 0.214. The standard InChI is InChI=1S/C14H16N6O3S2/c1-25(22,23)9-16-7-11(18-15)13(21)17-8-12-19-20-14(24-12)10-5-3-2-4-6-10/h2-7H,8-9,15H2,1H3,(H,17,21)/b16-7+,18-11+. The van der Waals surface area contributed by atoms with Gasteiger partial charge in [-0.05, 0) is 0 Å². The molecule has 0 atom stereocenters. The quantitative estimate of drug-likeness (QED) is 0.400. The SMILES string of the molecule is CS(=O)(=O)C/N=C/C(=N\N)C(=O)NCc1nnc(-c2ccccc2)s1. The van der Waals surface area contributed by atoms with Crippen molar-refractivity contribution in [2.75, 3.05) is 12.1 Å². The minimum Gasteiger partial charge on any atom is -0.344 e. The van der Waals surface area contributed by atoms with Crippen LogP contribution in [0.4, 0.5) is 0 Å². The first kappa shape index (κ1) is 18.7. The third-order valence-corrected chi connectivity index (χ3v) is 4.37. The van der Waals surface area contributed by atoms with E-state index >= 15 is 0 Å². The Morgan fingerprint density at radius 3 is 2.68 bits per heavy atom. The highest BCUT2D eigenvalue weighted by Gasteiger charge is 2.12. The lowest BCUT2D eigenvalue weighted by atomic mass is 10.2. The van der Waals surface area contributed by atoms with Crippen molar-refractivity contribution in [3.05, 3.63) is 35.3 Å². The van der Waals surface area contributed by atoms with Gasteiger partial charge in [-0.3, -0.25) is 9.79 Å². The lowest BCUT2D eigenvalue weighted by Crippen LogP contribution is -2.32. The summed E-state index contributed by atoms with van der Waals surface area (Å²) in [5, 5.41) is 15.3. The van der Waals surface area contributed by atoms with Gasteiger partial charge in [-0.15, -0.1) is 10.2 Å². The molecule has 0 saturated carbocycles. The van der Waals surface area contributed by atoms with Gasteiger partial charge in [0.15, 0.2) is 15.5 Å². The van der Waals surface area contributed by atoms with Crippen molar-refractivity contribution in [2.24, 2.45) is 15.9 Å². The first-order valence-corrected chi connectivity index (χ1v) is 9.88. The number of amides is 1. The average Bonchev–Trinajstić information content (AvgIpc) is 3.05. The van der Waals surface area contributed by atoms with Crippen LogP contribution in [0.5, 0.6) is 0 Å². The lowest BCUT2D eigenvalue weighted by Gasteiger charge is -2.01. The Bertz CT molecular complexity index is 890. The van der Waals surface area contributed by atoms with Gasteiger partial charge in [0.05, 0.1) is 12.8 Å². The molecule has 2 aromatic rings. The van der Waals surface area contributed by atoms with Gasteiger partial charge >= 0.3 is 0 Å². The molecule has 1 amide bonds. The smallest absolute Gasteiger partial charge is 0.273 e. The molecular formula is C14H16N6O3S2. The number of hydrogen-bond donors (Lipinski definition) is 2. The monoisotopic (exact) mass is 380 g/mol. The van der Waals surface area contributed by atoms with Gasteiger partial charge in [0.2, 0.25) is 0 Å². The number of nitrogens with two attached hydrogens (primary N) is 1. The van der Waals surface area contributed by atoms with Crippen LogP contribution < -0.4 is 11.2 Å². The molecule has 132 valence electrons. The Balaban J connectivity index is 1.94. The van der Waals surface area contributed by atoms with Gasteiger partial charge in [-0.2, -0.15) is 5.10 Å². The Hall–Kier alpha value is -2.66. The van der Waals surface area contributed by atoms with Gasteiger partial charge in [0.1, 0.15) is 15.9 Å². The summed E-state index contributed by atoms with van der Waals surface area (Å²) in [6, 6.07) is 9.54. The van der Waals surface area contributed by atoms with Crippen molar-refractivity contribution in [2.45, 2.75) is 6.54 Å². The number of sulfone groups is 1. The van der Waals surface area contributed by atoms with Crippen molar-refractivity contribution in [3.8, 4) is 10.6 Å². The van der Waals surface area contributed by atoms with E-state index in [-0.39, 0.29) is 12.3 Å². The van der Waals surface area contributed by atoms with E-state index in [1.54, 1.807) is 0 Å². The van der Waals surface area contributed by atoms with Crippen molar-refractivity contribution in [1.29, 1.82) is 0 Å². The van der Waals surface area contributed by atoms with Gasteiger partial charge < -0.3 is 11.2 Å². The zero-order valence-electron chi connectivity index (χ0n) is 13.3. The Morgan fingerprint density at radius 2 is 2.04 bits per heavy atom. The minimum absolute atomic E-state index is 0.141. The van der Waals surface area contributed by atoms with Crippen LogP contribution in [-0.4, -0.2) is 48.6 Å². The number of aliphatic imine (C=N–C) groups is 1. The van der Waals surface area contributed by atoms with Crippen LogP contribution in [0.15, 0.2) is 40.4 Å². The average molecular weight is 380 g/mol. The molecule has 0 radical (unpaired) electrons. The number of hydrazone groups is 1. The second-order valence-corrected chi connectivity index (χ2v) is 8.10. The van der Waals surface area contributed by atoms with Crippen molar-refractivity contribution in [1.82, 2.24) is 15.5 Å². The number of benzene rings is 1. The molecule has 11 heteroatoms. The molecule has 25 heavy (non-hydrogen) atoms. The molecule has 0 bridgehead atoms. The molecule has 0 fully saturated rings. The highest BCUT2D eigenvalue weighted by molar-refractivity contribution is 7.90. The molecule has 0 aliphatic carbocycles. The van der Waals surface area contributed by atoms with E-state index in [2.05, 4.69) is 25.6 Å². The van der Waals surface area contributed by atoms with Crippen LogP contribution in [-0.2, 0) is 21.2 Å². The van der Waals surface area contributed by atoms with Gasteiger partial charge in [-0.1, -0.05) is 41.7 Å². The van der Waals surface area contributed by atoms with Crippen LogP contribution in [0.1, 0.15) is 5.01 Å². The fourth-order valence-electron chi connectivity index (χ4n) is 1.68. The number of hydrogen-bond acceptors (Lipinski definition) is 9. The van der Waals surface area contributed by atoms with Crippen LogP contribution >= 0.6 is 11.3 Å². The second-order valence-electron chi connectivity index (χ2n) is 4.93. The van der Waals surface area contributed by atoms with E-state index in [0.29, 0.717) is 5.01 Å². The summed E-state index contributed by atoms with van der Waals surface area (Å²) in [5.74, 6) is 4.10. The van der Waals surface area contributed by atoms with E-state index in [1.165, 1.54) is 11.3 Å². The zero-order chi connectivity index (χ0) is 18.3. The maximum atomic E-state index is 12.0. The van der Waals surface area contributed by atoms with E-state index < -0.39 is 21.6 Å². The van der Waals surface area contributed by atoms with Crippen LogP contribution in [0.25, 0.3) is 10.6 Å². The predicted molar refractivity (Wildman–Crippen MR) is 97.0 cm³/mol. The number of carbonyl (C=O) groups is 1. The Kier molecular flexibility index (Phi) is 6.31. The van der Waals surface area contributed by atoms with Gasteiger partial charge in [0.25, 0.3) is 5.91 Å². The van der Waals surface area contributed by atoms with Crippen molar-refractivity contribution < 1.29 is 13.2 Å². The summed E-state index contributed by atoms with van der Waals surface area (Å²) >= 11 is 1.35. The molecule has 0 aliphatic rings. The first-order valence-electron chi connectivity index (χ1n) is 7.00. The zero-order valence-corrected chi connectivity index (χ0v) is 14.9. The summed E-state index contributed by atoms with van der Waals surface area (Å²) in [7, 11) is -3.27. The van der Waals surface area contributed by atoms with E-state index in [9.17, 15) is 13.2 Å². The highest BCUT2D eigenvalue weighted by Crippen LogP contribution is 2.22.